The summed E-state index contributed by atoms with van der Waals surface area (Å²) < 4.78 is 5.23. The van der Waals surface area contributed by atoms with Crippen LogP contribution in [0.1, 0.15) is 200 Å². The van der Waals surface area contributed by atoms with Crippen molar-refractivity contribution in [3.05, 3.63) is 18.2 Å². The van der Waals surface area contributed by atoms with E-state index in [1.807, 2.05) is 0 Å². The van der Waals surface area contributed by atoms with Crippen LogP contribution in [-0.2, 0) is 19.5 Å². The van der Waals surface area contributed by atoms with Crippen LogP contribution in [0.5, 0.6) is 0 Å². The van der Waals surface area contributed by atoms with Gasteiger partial charge in [-0.25, -0.2) is 9.13 Å². The van der Waals surface area contributed by atoms with Crippen LogP contribution in [0.3, 0.4) is 0 Å². The number of hydrogen-bond acceptors (Lipinski definition) is 0. The average molecular weight is 532 g/mol. The largest absolute Gasteiger partial charge is 0.256 e. The lowest BCUT2D eigenvalue weighted by Gasteiger charge is -2.07. The van der Waals surface area contributed by atoms with E-state index >= 15 is 0 Å². The molecule has 38 heavy (non-hydrogen) atoms. The topological polar surface area (TPSA) is 8.81 Å². The van der Waals surface area contributed by atoms with Crippen molar-refractivity contribution in [2.75, 3.05) is 0 Å². The maximum absolute atomic E-state index is 2.62. The highest BCUT2D eigenvalue weighted by Crippen LogP contribution is 2.14. The quantitative estimate of drug-likeness (QED) is 0.0689. The van der Waals surface area contributed by atoms with Crippen molar-refractivity contribution in [2.45, 2.75) is 214 Å². The molecule has 2 heteroatoms. The molecule has 0 bridgehead atoms. The van der Waals surface area contributed by atoms with E-state index in [2.05, 4.69) is 42.3 Å². The summed E-state index contributed by atoms with van der Waals surface area (Å²) in [4.78, 5) is 0. The normalized spacial score (nSPS) is 11.6. The van der Waals surface area contributed by atoms with Gasteiger partial charge in [0, 0.05) is 6.42 Å². The SMILES string of the molecule is CCCCCCCCCCCCCCCC[n+]1ccn(CCCCCCCC)c1CCCCCCCCC. The number of aromatic nitrogens is 2. The number of unbranched alkanes of at least 4 members (excludes halogenated alkanes) is 24. The van der Waals surface area contributed by atoms with E-state index in [9.17, 15) is 0 Å². The molecule has 0 aliphatic rings. The summed E-state index contributed by atoms with van der Waals surface area (Å²) in [5.41, 5.74) is 0. The molecule has 0 aromatic carbocycles. The summed E-state index contributed by atoms with van der Waals surface area (Å²) in [7, 11) is 0. The fourth-order valence-electron chi connectivity index (χ4n) is 5.97. The first-order chi connectivity index (χ1) is 18.8. The van der Waals surface area contributed by atoms with Crippen molar-refractivity contribution in [3.8, 4) is 0 Å². The van der Waals surface area contributed by atoms with Crippen LogP contribution < -0.4 is 4.57 Å². The third-order valence-electron chi connectivity index (χ3n) is 8.60. The first kappa shape index (κ1) is 35.2. The second-order valence-corrected chi connectivity index (χ2v) is 12.3. The van der Waals surface area contributed by atoms with Crippen molar-refractivity contribution in [1.82, 2.24) is 4.57 Å². The van der Waals surface area contributed by atoms with Gasteiger partial charge in [-0.05, 0) is 32.1 Å². The molecule has 0 aliphatic carbocycles. The van der Waals surface area contributed by atoms with E-state index in [-0.39, 0.29) is 0 Å². The molecule has 0 aliphatic heterocycles. The molecule has 1 rings (SSSR count). The van der Waals surface area contributed by atoms with Crippen molar-refractivity contribution < 1.29 is 4.57 Å². The summed E-state index contributed by atoms with van der Waals surface area (Å²) in [6.45, 7) is 9.39. The highest BCUT2D eigenvalue weighted by molar-refractivity contribution is 4.84. The van der Waals surface area contributed by atoms with Gasteiger partial charge in [0.2, 0.25) is 0 Å². The molecule has 0 spiro atoms. The zero-order chi connectivity index (χ0) is 27.4. The number of rotatable bonds is 30. The van der Waals surface area contributed by atoms with E-state index in [4.69, 9.17) is 0 Å². The molecule has 0 fully saturated rings. The highest BCUT2D eigenvalue weighted by Gasteiger charge is 2.16. The van der Waals surface area contributed by atoms with Crippen molar-refractivity contribution in [1.29, 1.82) is 0 Å². The minimum Gasteiger partial charge on any atom is -0.234 e. The lowest BCUT2D eigenvalue weighted by molar-refractivity contribution is -0.704. The Morgan fingerprint density at radius 1 is 0.447 bits per heavy atom. The zero-order valence-electron chi connectivity index (χ0n) is 26.8. The summed E-state index contributed by atoms with van der Waals surface area (Å²) in [5.74, 6) is 1.61. The number of aryl methyl sites for hydroxylation is 2. The Bertz CT molecular complexity index is 590. The minimum atomic E-state index is 1.23. The molecule has 0 amide bonds. The van der Waals surface area contributed by atoms with Crippen LogP contribution in [-0.4, -0.2) is 4.57 Å². The van der Waals surface area contributed by atoms with E-state index in [1.165, 1.54) is 193 Å². The van der Waals surface area contributed by atoms with Gasteiger partial charge >= 0.3 is 0 Å². The van der Waals surface area contributed by atoms with Crippen LogP contribution in [0.25, 0.3) is 0 Å². The maximum Gasteiger partial charge on any atom is 0.256 e. The van der Waals surface area contributed by atoms with Crippen molar-refractivity contribution >= 4 is 0 Å². The summed E-state index contributed by atoms with van der Waals surface area (Å²) in [6, 6.07) is 0. The molecule has 1 heterocycles. The Balaban J connectivity index is 2.24. The van der Waals surface area contributed by atoms with Gasteiger partial charge in [0.25, 0.3) is 5.82 Å². The van der Waals surface area contributed by atoms with Crippen molar-refractivity contribution in [2.24, 2.45) is 0 Å². The van der Waals surface area contributed by atoms with Crippen LogP contribution in [0, 0.1) is 0 Å². The minimum absolute atomic E-state index is 1.23. The Labute approximate surface area is 240 Å². The Morgan fingerprint density at radius 2 is 0.816 bits per heavy atom. The molecular weight excluding hydrogens is 460 g/mol. The molecule has 224 valence electrons. The molecule has 1 aromatic heterocycles. The Kier molecular flexibility index (Phi) is 25.7. The van der Waals surface area contributed by atoms with Crippen molar-refractivity contribution in [3.63, 3.8) is 0 Å². The van der Waals surface area contributed by atoms with E-state index in [0.29, 0.717) is 0 Å². The Hall–Kier alpha value is -0.790. The smallest absolute Gasteiger partial charge is 0.234 e. The molecular formula is C36H71N2+. The summed E-state index contributed by atoms with van der Waals surface area (Å²) >= 11 is 0. The first-order valence-corrected chi connectivity index (χ1v) is 17.9. The lowest BCUT2D eigenvalue weighted by Crippen LogP contribution is -2.37. The van der Waals surface area contributed by atoms with Gasteiger partial charge < -0.3 is 0 Å². The fraction of sp³-hybridized carbons (Fsp3) is 0.917. The lowest BCUT2D eigenvalue weighted by atomic mass is 10.0. The molecule has 0 radical (unpaired) electrons. The second-order valence-electron chi connectivity index (χ2n) is 12.3. The third kappa shape index (κ3) is 20.2. The van der Waals surface area contributed by atoms with Crippen LogP contribution in [0.4, 0.5) is 0 Å². The van der Waals surface area contributed by atoms with Gasteiger partial charge in [-0.15, -0.1) is 0 Å². The van der Waals surface area contributed by atoms with Gasteiger partial charge in [-0.1, -0.05) is 162 Å². The molecule has 0 N–H and O–H groups in total. The van der Waals surface area contributed by atoms with Crippen LogP contribution >= 0.6 is 0 Å². The monoisotopic (exact) mass is 532 g/mol. The van der Waals surface area contributed by atoms with Crippen LogP contribution in [0.15, 0.2) is 12.4 Å². The van der Waals surface area contributed by atoms with Gasteiger partial charge in [0.05, 0.1) is 13.1 Å². The predicted octanol–water partition coefficient (Wildman–Crippen LogP) is 11.9. The highest BCUT2D eigenvalue weighted by atomic mass is 15.1. The molecule has 0 saturated heterocycles. The van der Waals surface area contributed by atoms with E-state index in [0.717, 1.165) is 0 Å². The summed E-state index contributed by atoms with van der Waals surface area (Å²) in [5, 5.41) is 0. The number of nitrogens with zero attached hydrogens (tertiary/aromatic N) is 2. The average Bonchev–Trinajstić information content (AvgIpc) is 3.31. The molecule has 0 atom stereocenters. The zero-order valence-corrected chi connectivity index (χ0v) is 26.8. The van der Waals surface area contributed by atoms with Gasteiger partial charge in [0.1, 0.15) is 12.4 Å². The maximum atomic E-state index is 2.62. The number of imidazole rings is 1. The Morgan fingerprint density at radius 3 is 1.26 bits per heavy atom. The molecule has 0 unspecified atom stereocenters. The third-order valence-corrected chi connectivity index (χ3v) is 8.60. The summed E-state index contributed by atoms with van der Waals surface area (Å²) in [6.07, 6.45) is 44.4. The van der Waals surface area contributed by atoms with Crippen LogP contribution in [0.2, 0.25) is 0 Å². The fourth-order valence-corrected chi connectivity index (χ4v) is 5.97. The standard InChI is InChI=1S/C36H71N2/c1-4-7-10-13-16-17-18-19-20-21-22-24-27-30-33-38-35-34-37(32-29-26-15-12-9-6-3)36(38)31-28-25-23-14-11-8-5-2/h34-35H,4-33H2,1-3H3/q+1. The van der Waals surface area contributed by atoms with Gasteiger partial charge in [0.15, 0.2) is 0 Å². The van der Waals surface area contributed by atoms with Gasteiger partial charge in [-0.3, -0.25) is 0 Å². The first-order valence-electron chi connectivity index (χ1n) is 17.9. The molecule has 1 aromatic rings. The molecule has 0 saturated carbocycles. The van der Waals surface area contributed by atoms with Gasteiger partial charge in [-0.2, -0.15) is 0 Å². The molecule has 2 nitrogen and oxygen atoms in total. The predicted molar refractivity (Wildman–Crippen MR) is 170 cm³/mol. The second kappa shape index (κ2) is 27.8. The number of hydrogen-bond donors (Lipinski definition) is 0. The van der Waals surface area contributed by atoms with E-state index in [1.54, 1.807) is 5.82 Å². The van der Waals surface area contributed by atoms with E-state index < -0.39 is 0 Å².